The molecular formula is C11H24F3N2O2U-. The van der Waals surface area contributed by atoms with Gasteiger partial charge in [0.15, 0.2) is 0 Å². The maximum atomic E-state index is 12.5. The normalized spacial score (nSPS) is 21.8. The molecule has 1 heterocycles. The van der Waals surface area contributed by atoms with Crippen LogP contribution in [0.3, 0.4) is 0 Å². The van der Waals surface area contributed by atoms with Gasteiger partial charge < -0.3 is 17.1 Å². The predicted molar refractivity (Wildman–Crippen MR) is 65.4 cm³/mol. The number of alkyl halides is 3. The molecule has 1 aliphatic heterocycles. The van der Waals surface area contributed by atoms with Crippen molar-refractivity contribution in [2.45, 2.75) is 32.5 Å². The van der Waals surface area contributed by atoms with Crippen LogP contribution in [0.5, 0.6) is 0 Å². The summed E-state index contributed by atoms with van der Waals surface area (Å²) in [4.78, 5) is 1.79. The van der Waals surface area contributed by atoms with E-state index in [-0.39, 0.29) is 37.5 Å². The van der Waals surface area contributed by atoms with Crippen molar-refractivity contribution in [1.29, 1.82) is 0 Å². The van der Waals surface area contributed by atoms with Gasteiger partial charge in [-0.15, -0.1) is 6.54 Å². The van der Waals surface area contributed by atoms with Crippen LogP contribution in [-0.4, -0.2) is 54.3 Å². The van der Waals surface area contributed by atoms with E-state index in [4.69, 9.17) is 10.5 Å². The molecule has 4 nitrogen and oxygen atoms in total. The minimum absolute atomic E-state index is 0. The Bertz CT molecular complexity index is 197. The standard InChI is InChI=1S/C9H16F3N2.C2H6.H2O2.U/c1-3-14(2)6-8-7(4-5-13-8)9(10,11)12;2*1-2;/h7-8,13H,1,3-6H2,2H3;1-2H3;1-2H;/q-1;;;. The molecular weight excluding hydrogens is 487 g/mol. The van der Waals surface area contributed by atoms with E-state index in [0.29, 0.717) is 19.6 Å². The fraction of sp³-hybridized carbons (Fsp3) is 0.909. The van der Waals surface area contributed by atoms with Crippen molar-refractivity contribution in [2.75, 3.05) is 26.7 Å². The Morgan fingerprint density at radius 3 is 2.16 bits per heavy atom. The summed E-state index contributed by atoms with van der Waals surface area (Å²) in [5.41, 5.74) is 0. The molecule has 2 unspecified atom stereocenters. The Kier molecular flexibility index (Phi) is 17.7. The quantitative estimate of drug-likeness (QED) is 0.310. The fourth-order valence-electron chi connectivity index (χ4n) is 1.78. The molecule has 1 fully saturated rings. The number of nitrogens with zero attached hydrogens (tertiary/aromatic N) is 1. The molecule has 0 radical (unpaired) electrons. The topological polar surface area (TPSA) is 55.7 Å². The molecule has 0 saturated carbocycles. The molecule has 19 heavy (non-hydrogen) atoms. The average molecular weight is 511 g/mol. The predicted octanol–water partition coefficient (Wildman–Crippen LogP) is 2.34. The third kappa shape index (κ3) is 10.1. The monoisotopic (exact) mass is 511 g/mol. The van der Waals surface area contributed by atoms with E-state index in [9.17, 15) is 13.2 Å². The zero-order chi connectivity index (χ0) is 14.8. The van der Waals surface area contributed by atoms with Crippen LogP contribution < -0.4 is 5.32 Å². The molecule has 0 aliphatic carbocycles. The van der Waals surface area contributed by atoms with Gasteiger partial charge in [-0.3, -0.25) is 10.5 Å². The van der Waals surface area contributed by atoms with Gasteiger partial charge in [-0.25, -0.2) is 0 Å². The Balaban J connectivity index is -0.000000467. The van der Waals surface area contributed by atoms with Crippen LogP contribution in [0.25, 0.3) is 0 Å². The molecule has 0 aromatic carbocycles. The average Bonchev–Trinajstić information content (AvgIpc) is 2.82. The van der Waals surface area contributed by atoms with Gasteiger partial charge in [0.25, 0.3) is 0 Å². The number of likely N-dealkylation sites (N-methyl/N-ethyl adjacent to an activating group) is 1. The number of nitrogens with one attached hydrogen (secondary N) is 1. The van der Waals surface area contributed by atoms with Crippen LogP contribution in [0.2, 0.25) is 0 Å². The molecule has 0 bridgehead atoms. The van der Waals surface area contributed by atoms with Crippen molar-refractivity contribution in [3.63, 3.8) is 0 Å². The van der Waals surface area contributed by atoms with Gasteiger partial charge in [0.05, 0.1) is 5.92 Å². The van der Waals surface area contributed by atoms with Crippen LogP contribution >= 0.6 is 0 Å². The van der Waals surface area contributed by atoms with Gasteiger partial charge in [-0.05, 0) is 20.0 Å². The van der Waals surface area contributed by atoms with Gasteiger partial charge >= 0.3 is 6.18 Å². The summed E-state index contributed by atoms with van der Waals surface area (Å²) in [5, 5.41) is 14.9. The molecule has 8 heteroatoms. The van der Waals surface area contributed by atoms with E-state index in [1.54, 1.807) is 11.9 Å². The molecule has 3 N–H and O–H groups in total. The van der Waals surface area contributed by atoms with E-state index in [1.807, 2.05) is 13.8 Å². The second kappa shape index (κ2) is 13.7. The van der Waals surface area contributed by atoms with Gasteiger partial charge in [0.2, 0.25) is 0 Å². The molecule has 0 aromatic rings. The molecule has 0 spiro atoms. The molecule has 1 rings (SSSR count). The second-order valence-electron chi connectivity index (χ2n) is 3.76. The minimum Gasteiger partial charge on any atom is -0.334 e. The smallest absolute Gasteiger partial charge is 0.334 e. The number of hydrogen-bond acceptors (Lipinski definition) is 4. The number of rotatable bonds is 3. The van der Waals surface area contributed by atoms with Crippen molar-refractivity contribution in [3.05, 3.63) is 6.92 Å². The Hall–Kier alpha value is 0.682. The van der Waals surface area contributed by atoms with Crippen LogP contribution in [0.15, 0.2) is 0 Å². The molecule has 0 aromatic heterocycles. The first-order chi connectivity index (χ1) is 8.45. The zero-order valence-electron chi connectivity index (χ0n) is 11.7. The maximum Gasteiger partial charge on any atom is 0.393 e. The number of hydrogen-bond donors (Lipinski definition) is 3. The van der Waals surface area contributed by atoms with Crippen LogP contribution in [0.4, 0.5) is 13.2 Å². The summed E-state index contributed by atoms with van der Waals surface area (Å²) in [7, 11) is 1.78. The van der Waals surface area contributed by atoms with Gasteiger partial charge in [-0.1, -0.05) is 13.8 Å². The Labute approximate surface area is 137 Å². The second-order valence-corrected chi connectivity index (χ2v) is 3.76. The SMILES string of the molecule is CC.OO.[CH2-]CN(C)CC1NCCC1C(F)(F)F.[U]. The van der Waals surface area contributed by atoms with Crippen molar-refractivity contribution in [3.8, 4) is 0 Å². The zero-order valence-corrected chi connectivity index (χ0v) is 15.8. The van der Waals surface area contributed by atoms with Crippen LogP contribution in [0.1, 0.15) is 20.3 Å². The van der Waals surface area contributed by atoms with Crippen molar-refractivity contribution in [1.82, 2.24) is 10.2 Å². The van der Waals surface area contributed by atoms with Gasteiger partial charge in [-0.2, -0.15) is 13.2 Å². The first kappa shape index (κ1) is 24.7. The molecule has 1 aliphatic rings. The van der Waals surface area contributed by atoms with E-state index < -0.39 is 18.1 Å². The molecule has 2 atom stereocenters. The Morgan fingerprint density at radius 2 is 1.79 bits per heavy atom. The molecule has 1 saturated heterocycles. The third-order valence-corrected chi connectivity index (χ3v) is 2.66. The number of halogens is 3. The summed E-state index contributed by atoms with van der Waals surface area (Å²) < 4.78 is 37.5. The minimum atomic E-state index is -4.07. The van der Waals surface area contributed by atoms with Gasteiger partial charge in [0, 0.05) is 43.7 Å². The maximum absolute atomic E-state index is 12.5. The van der Waals surface area contributed by atoms with Crippen molar-refractivity contribution >= 4 is 0 Å². The Morgan fingerprint density at radius 1 is 1.32 bits per heavy atom. The summed E-state index contributed by atoms with van der Waals surface area (Å²) >= 11 is 0. The van der Waals surface area contributed by atoms with E-state index in [1.165, 1.54) is 0 Å². The summed E-state index contributed by atoms with van der Waals surface area (Å²) in [6.45, 7) is 9.03. The first-order valence-corrected chi connectivity index (χ1v) is 5.93. The van der Waals surface area contributed by atoms with Crippen molar-refractivity contribution in [2.24, 2.45) is 5.92 Å². The van der Waals surface area contributed by atoms with E-state index in [0.717, 1.165) is 0 Å². The molecule has 116 valence electrons. The first-order valence-electron chi connectivity index (χ1n) is 5.93. The summed E-state index contributed by atoms with van der Waals surface area (Å²) in [6, 6.07) is -0.471. The fourth-order valence-corrected chi connectivity index (χ4v) is 1.78. The van der Waals surface area contributed by atoms with E-state index in [2.05, 4.69) is 12.2 Å². The van der Waals surface area contributed by atoms with Gasteiger partial charge in [0.1, 0.15) is 0 Å². The van der Waals surface area contributed by atoms with Crippen LogP contribution in [0, 0.1) is 44.0 Å². The summed E-state index contributed by atoms with van der Waals surface area (Å²) in [5.74, 6) is -1.20. The summed E-state index contributed by atoms with van der Waals surface area (Å²) in [6.07, 6.45) is -3.88. The largest absolute Gasteiger partial charge is 0.393 e. The van der Waals surface area contributed by atoms with Crippen molar-refractivity contribution < 1.29 is 54.8 Å². The van der Waals surface area contributed by atoms with Crippen LogP contribution in [-0.2, 0) is 0 Å². The molecule has 0 amide bonds. The van der Waals surface area contributed by atoms with E-state index >= 15 is 0 Å². The third-order valence-electron chi connectivity index (χ3n) is 2.66.